The molecule has 0 N–H and O–H groups in total. The van der Waals surface area contributed by atoms with Crippen LogP contribution in [0.2, 0.25) is 0 Å². The number of hydrogen-bond acceptors (Lipinski definition) is 3. The van der Waals surface area contributed by atoms with Gasteiger partial charge in [0.15, 0.2) is 0 Å². The zero-order valence-electron chi connectivity index (χ0n) is 13.3. The molecule has 0 bridgehead atoms. The molecule has 0 saturated carbocycles. The Morgan fingerprint density at radius 2 is 1.50 bits per heavy atom. The Kier molecular flexibility index (Phi) is 11.7. The molecule has 0 aromatic heterocycles. The quantitative estimate of drug-likeness (QED) is 0.529. The van der Waals surface area contributed by atoms with E-state index in [1.54, 1.807) is 0 Å². The van der Waals surface area contributed by atoms with Crippen LogP contribution in [-0.4, -0.2) is 36.6 Å². The number of carbonyl (C=O) groups is 1. The van der Waals surface area contributed by atoms with Crippen molar-refractivity contribution in [3.05, 3.63) is 0 Å². The minimum Gasteiger partial charge on any atom is -0.465 e. The SMILES string of the molecule is CCC#CCCN(CCC#CCC)C(C)C(=O)OCC. The molecule has 0 aliphatic heterocycles. The molecule has 3 heteroatoms. The van der Waals surface area contributed by atoms with Crippen molar-refractivity contribution in [2.24, 2.45) is 0 Å². The summed E-state index contributed by atoms with van der Waals surface area (Å²) in [6.07, 6.45) is 3.29. The first-order valence-corrected chi connectivity index (χ1v) is 7.49. The standard InChI is InChI=1S/C17H27NO2/c1-5-8-10-12-14-18(15-13-11-9-6-2)16(4)17(19)20-7-3/h16H,5-7,12-15H2,1-4H3. The molecule has 0 aromatic rings. The molecule has 112 valence electrons. The summed E-state index contributed by atoms with van der Waals surface area (Å²) in [5.74, 6) is 12.2. The molecule has 3 nitrogen and oxygen atoms in total. The number of hydrogen-bond donors (Lipinski definition) is 0. The monoisotopic (exact) mass is 277 g/mol. The molecule has 0 fully saturated rings. The predicted octanol–water partition coefficient (Wildman–Crippen LogP) is 2.85. The van der Waals surface area contributed by atoms with E-state index >= 15 is 0 Å². The molecule has 0 rings (SSSR count). The average molecular weight is 277 g/mol. The Morgan fingerprint density at radius 1 is 1.00 bits per heavy atom. The topological polar surface area (TPSA) is 29.5 Å². The van der Waals surface area contributed by atoms with Crippen LogP contribution in [0, 0.1) is 23.7 Å². The van der Waals surface area contributed by atoms with Crippen molar-refractivity contribution in [2.45, 2.75) is 59.4 Å². The van der Waals surface area contributed by atoms with Crippen molar-refractivity contribution in [3.8, 4) is 23.7 Å². The van der Waals surface area contributed by atoms with E-state index in [4.69, 9.17) is 4.74 Å². The van der Waals surface area contributed by atoms with Crippen LogP contribution in [0.3, 0.4) is 0 Å². The summed E-state index contributed by atoms with van der Waals surface area (Å²) in [6, 6.07) is -0.234. The maximum Gasteiger partial charge on any atom is 0.323 e. The summed E-state index contributed by atoms with van der Waals surface area (Å²) in [5, 5.41) is 0. The van der Waals surface area contributed by atoms with E-state index in [1.165, 1.54) is 0 Å². The van der Waals surface area contributed by atoms with Gasteiger partial charge in [0.1, 0.15) is 6.04 Å². The van der Waals surface area contributed by atoms with Gasteiger partial charge in [-0.15, -0.1) is 23.7 Å². The zero-order valence-corrected chi connectivity index (χ0v) is 13.3. The fourth-order valence-electron chi connectivity index (χ4n) is 1.74. The highest BCUT2D eigenvalue weighted by molar-refractivity contribution is 5.75. The number of carbonyl (C=O) groups excluding carboxylic acids is 1. The maximum absolute atomic E-state index is 11.8. The van der Waals surface area contributed by atoms with Crippen molar-refractivity contribution >= 4 is 5.97 Å². The normalized spacial score (nSPS) is 11.1. The average Bonchev–Trinajstić information content (AvgIpc) is 2.45. The van der Waals surface area contributed by atoms with Gasteiger partial charge in [0.2, 0.25) is 0 Å². The lowest BCUT2D eigenvalue weighted by atomic mass is 10.2. The number of rotatable bonds is 7. The van der Waals surface area contributed by atoms with E-state index in [0.29, 0.717) is 6.61 Å². The summed E-state index contributed by atoms with van der Waals surface area (Å²) in [5.41, 5.74) is 0. The highest BCUT2D eigenvalue weighted by Gasteiger charge is 2.21. The van der Waals surface area contributed by atoms with Crippen LogP contribution >= 0.6 is 0 Å². The lowest BCUT2D eigenvalue weighted by Gasteiger charge is -2.26. The molecule has 20 heavy (non-hydrogen) atoms. The van der Waals surface area contributed by atoms with E-state index in [2.05, 4.69) is 28.6 Å². The summed E-state index contributed by atoms with van der Waals surface area (Å²) in [6.45, 7) is 9.76. The van der Waals surface area contributed by atoms with E-state index < -0.39 is 0 Å². The Hall–Kier alpha value is -1.45. The van der Waals surface area contributed by atoms with E-state index in [1.807, 2.05) is 27.7 Å². The van der Waals surface area contributed by atoms with Gasteiger partial charge >= 0.3 is 5.97 Å². The molecule has 0 heterocycles. The highest BCUT2D eigenvalue weighted by atomic mass is 16.5. The van der Waals surface area contributed by atoms with Gasteiger partial charge in [0, 0.05) is 38.8 Å². The summed E-state index contributed by atoms with van der Waals surface area (Å²) < 4.78 is 5.09. The van der Waals surface area contributed by atoms with Gasteiger partial charge in [-0.2, -0.15) is 0 Å². The Balaban J connectivity index is 4.46. The van der Waals surface area contributed by atoms with Crippen molar-refractivity contribution in [1.29, 1.82) is 0 Å². The van der Waals surface area contributed by atoms with Crippen molar-refractivity contribution in [1.82, 2.24) is 4.90 Å². The molecular weight excluding hydrogens is 250 g/mol. The van der Waals surface area contributed by atoms with Crippen LogP contribution in [0.15, 0.2) is 0 Å². The van der Waals surface area contributed by atoms with Gasteiger partial charge in [-0.25, -0.2) is 0 Å². The predicted molar refractivity (Wildman–Crippen MR) is 83.0 cm³/mol. The molecule has 0 aliphatic carbocycles. The highest BCUT2D eigenvalue weighted by Crippen LogP contribution is 2.04. The van der Waals surface area contributed by atoms with Gasteiger partial charge in [-0.05, 0) is 13.8 Å². The van der Waals surface area contributed by atoms with Gasteiger partial charge in [0.25, 0.3) is 0 Å². The molecule has 1 unspecified atom stereocenters. The zero-order chi connectivity index (χ0) is 15.2. The third-order valence-corrected chi connectivity index (χ3v) is 2.83. The summed E-state index contributed by atoms with van der Waals surface area (Å²) in [7, 11) is 0. The minimum absolute atomic E-state index is 0.167. The first-order chi connectivity index (χ1) is 9.67. The fourth-order valence-corrected chi connectivity index (χ4v) is 1.74. The van der Waals surface area contributed by atoms with Gasteiger partial charge in [-0.3, -0.25) is 9.69 Å². The largest absolute Gasteiger partial charge is 0.465 e. The first kappa shape index (κ1) is 18.6. The van der Waals surface area contributed by atoms with Crippen molar-refractivity contribution in [2.75, 3.05) is 19.7 Å². The molecule has 0 aliphatic rings. The van der Waals surface area contributed by atoms with Crippen LogP contribution in [0.25, 0.3) is 0 Å². The molecule has 1 atom stereocenters. The molecule has 0 aromatic carbocycles. The Morgan fingerprint density at radius 3 is 1.90 bits per heavy atom. The van der Waals surface area contributed by atoms with Gasteiger partial charge < -0.3 is 4.74 Å². The van der Waals surface area contributed by atoms with E-state index in [-0.39, 0.29) is 12.0 Å². The Labute approximate surface area is 124 Å². The fraction of sp³-hybridized carbons (Fsp3) is 0.706. The lowest BCUT2D eigenvalue weighted by molar-refractivity contribution is -0.148. The number of esters is 1. The van der Waals surface area contributed by atoms with Crippen LogP contribution in [0.4, 0.5) is 0 Å². The van der Waals surface area contributed by atoms with Crippen molar-refractivity contribution < 1.29 is 9.53 Å². The molecule has 0 radical (unpaired) electrons. The van der Waals surface area contributed by atoms with Crippen LogP contribution < -0.4 is 0 Å². The first-order valence-electron chi connectivity index (χ1n) is 7.49. The van der Waals surface area contributed by atoms with E-state index in [0.717, 1.165) is 38.8 Å². The smallest absolute Gasteiger partial charge is 0.323 e. The Bertz CT molecular complexity index is 355. The van der Waals surface area contributed by atoms with Crippen LogP contribution in [0.5, 0.6) is 0 Å². The summed E-state index contributed by atoms with van der Waals surface area (Å²) >= 11 is 0. The molecule has 0 saturated heterocycles. The summed E-state index contributed by atoms with van der Waals surface area (Å²) in [4.78, 5) is 13.9. The number of nitrogens with zero attached hydrogens (tertiary/aromatic N) is 1. The maximum atomic E-state index is 11.8. The molecular formula is C17H27NO2. The third-order valence-electron chi connectivity index (χ3n) is 2.83. The third kappa shape index (κ3) is 8.62. The second-order valence-corrected chi connectivity index (χ2v) is 4.38. The van der Waals surface area contributed by atoms with Crippen LogP contribution in [-0.2, 0) is 9.53 Å². The lowest BCUT2D eigenvalue weighted by Crippen LogP contribution is -2.41. The van der Waals surface area contributed by atoms with Crippen LogP contribution in [0.1, 0.15) is 53.4 Å². The van der Waals surface area contributed by atoms with Gasteiger partial charge in [0.05, 0.1) is 6.61 Å². The van der Waals surface area contributed by atoms with E-state index in [9.17, 15) is 4.79 Å². The minimum atomic E-state index is -0.234. The molecule has 0 amide bonds. The number of ether oxygens (including phenoxy) is 1. The van der Waals surface area contributed by atoms with Crippen molar-refractivity contribution in [3.63, 3.8) is 0 Å². The second kappa shape index (κ2) is 12.6. The molecule has 0 spiro atoms. The van der Waals surface area contributed by atoms with Gasteiger partial charge in [-0.1, -0.05) is 13.8 Å². The second-order valence-electron chi connectivity index (χ2n) is 4.38.